The fourth-order valence-electron chi connectivity index (χ4n) is 2.05. The molecule has 0 radical (unpaired) electrons. The highest BCUT2D eigenvalue weighted by Gasteiger charge is 2.21. The van der Waals surface area contributed by atoms with Crippen molar-refractivity contribution in [2.24, 2.45) is 0 Å². The molecule has 0 N–H and O–H groups in total. The molecule has 0 aliphatic carbocycles. The Morgan fingerprint density at radius 2 is 1.95 bits per heavy atom. The van der Waals surface area contributed by atoms with E-state index < -0.39 is 0 Å². The van der Waals surface area contributed by atoms with E-state index in [1.165, 1.54) is 0 Å². The molecule has 0 aromatic heterocycles. The third kappa shape index (κ3) is 3.32. The van der Waals surface area contributed by atoms with Crippen LogP contribution in [0.4, 0.5) is 0 Å². The van der Waals surface area contributed by atoms with Gasteiger partial charge in [-0.1, -0.05) is 46.3 Å². The van der Waals surface area contributed by atoms with Gasteiger partial charge in [0, 0.05) is 4.47 Å². The van der Waals surface area contributed by atoms with Crippen LogP contribution in [0, 0.1) is 0 Å². The van der Waals surface area contributed by atoms with Gasteiger partial charge in [0.2, 0.25) is 0 Å². The number of hydrogen-bond acceptors (Lipinski definition) is 3. The molecule has 2 aromatic carbocycles. The Bertz CT molecular complexity index is 571. The maximum atomic E-state index is 5.87. The fourth-order valence-corrected chi connectivity index (χ4v) is 2.39. The number of rotatable bonds is 4. The first-order valence-electron chi connectivity index (χ1n) is 6.52. The van der Waals surface area contributed by atoms with Gasteiger partial charge in [-0.25, -0.2) is 0 Å². The Kier molecular flexibility index (Phi) is 4.23. The van der Waals surface area contributed by atoms with Gasteiger partial charge in [-0.3, -0.25) is 0 Å². The number of fused-ring (bicyclic) bond motifs is 1. The first kappa shape index (κ1) is 13.5. The minimum atomic E-state index is -0.0690. The number of hydrogen-bond donors (Lipinski definition) is 0. The molecular formula is C16H15BrO3. The summed E-state index contributed by atoms with van der Waals surface area (Å²) in [6.07, 6.45) is -0.0690. The van der Waals surface area contributed by atoms with Crippen molar-refractivity contribution in [1.29, 1.82) is 0 Å². The monoisotopic (exact) mass is 334 g/mol. The van der Waals surface area contributed by atoms with Crippen LogP contribution in [0.2, 0.25) is 0 Å². The van der Waals surface area contributed by atoms with E-state index in [9.17, 15) is 0 Å². The standard InChI is InChI=1S/C16H15BrO3/c17-13-6-7-15-16(8-13)20-14(11-19-15)10-18-9-12-4-2-1-3-5-12/h1-8,14H,9-11H2. The molecule has 4 heteroatoms. The molecule has 2 aromatic rings. The van der Waals surface area contributed by atoms with Crippen LogP contribution in [0.25, 0.3) is 0 Å². The lowest BCUT2D eigenvalue weighted by Crippen LogP contribution is -2.33. The van der Waals surface area contributed by atoms with Gasteiger partial charge in [0.05, 0.1) is 13.2 Å². The van der Waals surface area contributed by atoms with E-state index in [-0.39, 0.29) is 6.10 Å². The second-order valence-electron chi connectivity index (χ2n) is 4.64. The molecule has 0 saturated heterocycles. The van der Waals surface area contributed by atoms with Gasteiger partial charge in [-0.15, -0.1) is 0 Å². The summed E-state index contributed by atoms with van der Waals surface area (Å²) >= 11 is 3.43. The second-order valence-corrected chi connectivity index (χ2v) is 5.56. The van der Waals surface area contributed by atoms with Crippen LogP contribution in [0.1, 0.15) is 5.56 Å². The van der Waals surface area contributed by atoms with Crippen LogP contribution in [0.3, 0.4) is 0 Å². The highest BCUT2D eigenvalue weighted by atomic mass is 79.9. The zero-order chi connectivity index (χ0) is 13.8. The molecule has 0 fully saturated rings. The molecule has 1 atom stereocenters. The summed E-state index contributed by atoms with van der Waals surface area (Å²) < 4.78 is 18.2. The van der Waals surface area contributed by atoms with E-state index in [1.54, 1.807) is 0 Å². The summed E-state index contributed by atoms with van der Waals surface area (Å²) in [7, 11) is 0. The summed E-state index contributed by atoms with van der Waals surface area (Å²) in [6, 6.07) is 15.9. The molecule has 0 amide bonds. The average molecular weight is 335 g/mol. The van der Waals surface area contributed by atoms with Gasteiger partial charge in [0.1, 0.15) is 6.61 Å². The summed E-state index contributed by atoms with van der Waals surface area (Å²) in [5, 5.41) is 0. The van der Waals surface area contributed by atoms with Crippen molar-refractivity contribution >= 4 is 15.9 Å². The van der Waals surface area contributed by atoms with Gasteiger partial charge in [-0.05, 0) is 23.8 Å². The minimum absolute atomic E-state index is 0.0690. The van der Waals surface area contributed by atoms with Crippen molar-refractivity contribution in [1.82, 2.24) is 0 Å². The Labute approximate surface area is 126 Å². The molecular weight excluding hydrogens is 320 g/mol. The predicted octanol–water partition coefficient (Wildman–Crippen LogP) is 3.81. The van der Waals surface area contributed by atoms with Crippen LogP contribution >= 0.6 is 15.9 Å². The predicted molar refractivity (Wildman–Crippen MR) is 80.2 cm³/mol. The molecule has 0 saturated carbocycles. The van der Waals surface area contributed by atoms with Crippen LogP contribution < -0.4 is 9.47 Å². The van der Waals surface area contributed by atoms with Gasteiger partial charge in [0.25, 0.3) is 0 Å². The summed E-state index contributed by atoms with van der Waals surface area (Å²) in [6.45, 7) is 1.62. The van der Waals surface area contributed by atoms with E-state index >= 15 is 0 Å². The van der Waals surface area contributed by atoms with Gasteiger partial charge in [-0.2, -0.15) is 0 Å². The molecule has 20 heavy (non-hydrogen) atoms. The lowest BCUT2D eigenvalue weighted by atomic mass is 10.2. The van der Waals surface area contributed by atoms with E-state index in [0.717, 1.165) is 21.5 Å². The van der Waals surface area contributed by atoms with Crippen LogP contribution in [0.5, 0.6) is 11.5 Å². The molecule has 1 heterocycles. The topological polar surface area (TPSA) is 27.7 Å². The summed E-state index contributed by atoms with van der Waals surface area (Å²) in [5.41, 5.74) is 1.16. The van der Waals surface area contributed by atoms with Crippen molar-refractivity contribution < 1.29 is 14.2 Å². The normalized spacial score (nSPS) is 16.9. The maximum Gasteiger partial charge on any atom is 0.163 e. The van der Waals surface area contributed by atoms with Crippen LogP contribution in [0.15, 0.2) is 53.0 Å². The first-order chi connectivity index (χ1) is 9.81. The number of ether oxygens (including phenoxy) is 3. The minimum Gasteiger partial charge on any atom is -0.486 e. The Balaban J connectivity index is 1.53. The molecule has 1 unspecified atom stereocenters. The third-order valence-corrected chi connectivity index (χ3v) is 3.53. The van der Waals surface area contributed by atoms with Crippen molar-refractivity contribution in [3.63, 3.8) is 0 Å². The van der Waals surface area contributed by atoms with Crippen molar-refractivity contribution in [2.45, 2.75) is 12.7 Å². The molecule has 0 bridgehead atoms. The molecule has 3 rings (SSSR count). The zero-order valence-corrected chi connectivity index (χ0v) is 12.5. The molecule has 3 nitrogen and oxygen atoms in total. The lowest BCUT2D eigenvalue weighted by Gasteiger charge is -2.26. The smallest absolute Gasteiger partial charge is 0.163 e. The van der Waals surface area contributed by atoms with Gasteiger partial charge >= 0.3 is 0 Å². The average Bonchev–Trinajstić information content (AvgIpc) is 2.48. The molecule has 104 valence electrons. The van der Waals surface area contributed by atoms with Crippen LogP contribution in [-0.4, -0.2) is 19.3 Å². The third-order valence-electron chi connectivity index (χ3n) is 3.04. The van der Waals surface area contributed by atoms with E-state index in [2.05, 4.69) is 15.9 Å². The molecule has 0 spiro atoms. The Hall–Kier alpha value is -1.52. The quantitative estimate of drug-likeness (QED) is 0.851. The fraction of sp³-hybridized carbons (Fsp3) is 0.250. The Morgan fingerprint density at radius 1 is 1.10 bits per heavy atom. The highest BCUT2D eigenvalue weighted by molar-refractivity contribution is 9.10. The van der Waals surface area contributed by atoms with Crippen molar-refractivity contribution in [2.75, 3.05) is 13.2 Å². The SMILES string of the molecule is Brc1ccc2c(c1)OC(COCc1ccccc1)CO2. The summed E-state index contributed by atoms with van der Waals surface area (Å²) in [5.74, 6) is 1.55. The molecule has 1 aliphatic rings. The summed E-state index contributed by atoms with van der Waals surface area (Å²) in [4.78, 5) is 0. The second kappa shape index (κ2) is 6.29. The van der Waals surface area contributed by atoms with Gasteiger partial charge < -0.3 is 14.2 Å². The van der Waals surface area contributed by atoms with E-state index in [1.807, 2.05) is 48.5 Å². The largest absolute Gasteiger partial charge is 0.486 e. The Morgan fingerprint density at radius 3 is 2.80 bits per heavy atom. The lowest BCUT2D eigenvalue weighted by molar-refractivity contribution is 0.00267. The van der Waals surface area contributed by atoms with E-state index in [0.29, 0.717) is 19.8 Å². The van der Waals surface area contributed by atoms with Gasteiger partial charge in [0.15, 0.2) is 17.6 Å². The van der Waals surface area contributed by atoms with Crippen molar-refractivity contribution in [3.05, 3.63) is 58.6 Å². The highest BCUT2D eigenvalue weighted by Crippen LogP contribution is 2.34. The maximum absolute atomic E-state index is 5.87. The zero-order valence-electron chi connectivity index (χ0n) is 10.9. The number of halogens is 1. The van der Waals surface area contributed by atoms with Crippen LogP contribution in [-0.2, 0) is 11.3 Å². The number of benzene rings is 2. The van der Waals surface area contributed by atoms with Crippen molar-refractivity contribution in [3.8, 4) is 11.5 Å². The first-order valence-corrected chi connectivity index (χ1v) is 7.31. The molecule has 1 aliphatic heterocycles. The van der Waals surface area contributed by atoms with E-state index in [4.69, 9.17) is 14.2 Å².